The van der Waals surface area contributed by atoms with Crippen LogP contribution in [0.4, 0.5) is 40.7 Å². The molecule has 0 spiro atoms. The number of anilines is 3. The summed E-state index contributed by atoms with van der Waals surface area (Å²) in [6.45, 7) is 4.78. The highest BCUT2D eigenvalue weighted by atomic mass is 32.2. The van der Waals surface area contributed by atoms with Crippen molar-refractivity contribution in [3.63, 3.8) is 0 Å². The molecule has 0 bridgehead atoms. The van der Waals surface area contributed by atoms with Crippen LogP contribution in [0.3, 0.4) is 0 Å². The van der Waals surface area contributed by atoms with E-state index in [-0.39, 0.29) is 29.3 Å². The first-order chi connectivity index (χ1) is 28.8. The summed E-state index contributed by atoms with van der Waals surface area (Å²) < 4.78 is 93.7. The molecule has 2 fully saturated rings. The Bertz CT molecular complexity index is 2390. The summed E-state index contributed by atoms with van der Waals surface area (Å²) in [5.41, 5.74) is 7.68. The van der Waals surface area contributed by atoms with Gasteiger partial charge in [-0.2, -0.15) is 36.4 Å². The molecule has 326 valence electrons. The first-order valence-corrected chi connectivity index (χ1v) is 21.1. The van der Waals surface area contributed by atoms with E-state index in [1.165, 1.54) is 41.8 Å². The average Bonchev–Trinajstić information content (AvgIpc) is 3.90. The minimum Gasteiger partial charge on any atom is -0.468 e. The van der Waals surface area contributed by atoms with Gasteiger partial charge < -0.3 is 21.1 Å². The molecule has 6 rings (SSSR count). The molecule has 21 heteroatoms. The van der Waals surface area contributed by atoms with E-state index in [1.54, 1.807) is 40.7 Å². The van der Waals surface area contributed by atoms with Gasteiger partial charge in [-0.3, -0.25) is 4.79 Å². The molecule has 2 heterocycles. The van der Waals surface area contributed by atoms with Gasteiger partial charge in [0.2, 0.25) is 26.1 Å². The second kappa shape index (κ2) is 22.4. The standard InChI is InChI=1S/C20H23N3O5S.C11H16N2O2S.C8H4F3NO.CO2/c1-14-5-7-15(8-6-14)21-20(25)22-16-9-11-17(12-10-16)29(26,27)23-13-3-4-18(23)19(24)28-2;1-9-3-2-8-13(9)16(14,15)11-6-4-10(12)5-7-11;9-8(10,11)6-1-3-7(4-2-6)12-5-13;2-1-3/h5-12,18H,3-4,13H2,1-2H3,(H2,21,22,25);4-7,9H,2-3,8,12H2,1H3;1-4H;/t18-;9-;;/m01../s1. The lowest BCUT2D eigenvalue weighted by atomic mass is 10.2. The number of aliphatic imine (C=N–C) groups is 1. The summed E-state index contributed by atoms with van der Waals surface area (Å²) in [6, 6.07) is 22.3. The predicted octanol–water partition coefficient (Wildman–Crippen LogP) is 6.50. The van der Waals surface area contributed by atoms with Crippen LogP contribution in [0.1, 0.15) is 43.7 Å². The molecule has 2 amide bonds. The molecule has 2 saturated heterocycles. The Morgan fingerprint density at radius 2 is 1.21 bits per heavy atom. The average molecular weight is 889 g/mol. The zero-order valence-electron chi connectivity index (χ0n) is 33.1. The highest BCUT2D eigenvalue weighted by molar-refractivity contribution is 7.89. The van der Waals surface area contributed by atoms with Gasteiger partial charge in [-0.25, -0.2) is 26.4 Å². The van der Waals surface area contributed by atoms with Crippen LogP contribution in [0.2, 0.25) is 0 Å². The Hall–Kier alpha value is -6.21. The molecule has 0 aromatic heterocycles. The molecule has 4 aromatic carbocycles. The highest BCUT2D eigenvalue weighted by Crippen LogP contribution is 2.31. The van der Waals surface area contributed by atoms with E-state index in [1.807, 2.05) is 26.0 Å². The number of nitrogens with zero attached hydrogens (tertiary/aromatic N) is 3. The minimum absolute atomic E-state index is 0.0535. The van der Waals surface area contributed by atoms with Crippen molar-refractivity contribution in [3.05, 3.63) is 108 Å². The van der Waals surface area contributed by atoms with Gasteiger partial charge in [0.25, 0.3) is 0 Å². The fourth-order valence-corrected chi connectivity index (χ4v) is 9.34. The second-order valence-electron chi connectivity index (χ2n) is 13.3. The van der Waals surface area contributed by atoms with Crippen molar-refractivity contribution in [2.75, 3.05) is 36.6 Å². The summed E-state index contributed by atoms with van der Waals surface area (Å²) in [4.78, 5) is 53.5. The van der Waals surface area contributed by atoms with Crippen molar-refractivity contribution in [3.8, 4) is 0 Å². The molecule has 0 radical (unpaired) electrons. The van der Waals surface area contributed by atoms with Gasteiger partial charge in [-0.05, 0) is 124 Å². The van der Waals surface area contributed by atoms with E-state index in [0.717, 1.165) is 42.7 Å². The Balaban J connectivity index is 0.000000260. The fraction of sp³-hybridized carbons (Fsp3) is 0.300. The van der Waals surface area contributed by atoms with Crippen molar-refractivity contribution in [2.24, 2.45) is 4.99 Å². The van der Waals surface area contributed by atoms with Crippen molar-refractivity contribution in [1.82, 2.24) is 8.61 Å². The zero-order valence-corrected chi connectivity index (χ0v) is 34.7. The normalized spacial score (nSPS) is 16.4. The summed E-state index contributed by atoms with van der Waals surface area (Å²) in [6.07, 6.45) is 0.0371. The molecule has 2 atom stereocenters. The number of nitrogen functional groups attached to an aromatic ring is 1. The molecule has 0 saturated carbocycles. The molecular weight excluding hydrogens is 846 g/mol. The first kappa shape index (κ1) is 49.2. The van der Waals surface area contributed by atoms with Crippen LogP contribution in [0.25, 0.3) is 0 Å². The molecule has 0 aliphatic carbocycles. The van der Waals surface area contributed by atoms with Gasteiger partial charge in [0, 0.05) is 36.2 Å². The molecular formula is C40H43F3N6O10S2. The van der Waals surface area contributed by atoms with Crippen LogP contribution in [0, 0.1) is 6.92 Å². The minimum atomic E-state index is -4.36. The number of carbonyl (C=O) groups excluding carboxylic acids is 5. The first-order valence-electron chi connectivity index (χ1n) is 18.2. The number of hydrogen-bond donors (Lipinski definition) is 3. The zero-order chi connectivity index (χ0) is 45.4. The van der Waals surface area contributed by atoms with Crippen molar-refractivity contribution in [1.29, 1.82) is 0 Å². The smallest absolute Gasteiger partial charge is 0.416 e. The number of esters is 1. The number of aryl methyl sites for hydroxylation is 1. The van der Waals surface area contributed by atoms with Gasteiger partial charge in [-0.15, -0.1) is 0 Å². The molecule has 0 unspecified atom stereocenters. The molecule has 2 aliphatic heterocycles. The van der Waals surface area contributed by atoms with Crippen LogP contribution < -0.4 is 16.4 Å². The maximum absolute atomic E-state index is 12.9. The number of hydrogen-bond acceptors (Lipinski definition) is 12. The van der Waals surface area contributed by atoms with E-state index in [9.17, 15) is 44.4 Å². The van der Waals surface area contributed by atoms with Gasteiger partial charge in [0.15, 0.2) is 0 Å². The number of rotatable bonds is 8. The topological polar surface area (TPSA) is 232 Å². The third-order valence-electron chi connectivity index (χ3n) is 9.05. The van der Waals surface area contributed by atoms with E-state index < -0.39 is 49.8 Å². The third-order valence-corrected chi connectivity index (χ3v) is 13.0. The van der Waals surface area contributed by atoms with E-state index in [2.05, 4.69) is 15.6 Å². The van der Waals surface area contributed by atoms with E-state index in [4.69, 9.17) is 20.1 Å². The van der Waals surface area contributed by atoms with Gasteiger partial charge in [-0.1, -0.05) is 17.7 Å². The van der Waals surface area contributed by atoms with Crippen LogP contribution in [0.15, 0.2) is 112 Å². The number of halogens is 3. The summed E-state index contributed by atoms with van der Waals surface area (Å²) in [5.74, 6) is -0.558. The van der Waals surface area contributed by atoms with E-state index >= 15 is 0 Å². The number of isocyanates is 1. The number of nitrogens with one attached hydrogen (secondary N) is 2. The van der Waals surface area contributed by atoms with Gasteiger partial charge in [0.1, 0.15) is 6.04 Å². The molecule has 2 aliphatic rings. The second-order valence-corrected chi connectivity index (χ2v) is 17.1. The monoisotopic (exact) mass is 888 g/mol. The Morgan fingerprint density at radius 3 is 1.67 bits per heavy atom. The largest absolute Gasteiger partial charge is 0.468 e. The molecule has 4 N–H and O–H groups in total. The van der Waals surface area contributed by atoms with Gasteiger partial charge in [0.05, 0.1) is 28.2 Å². The Labute approximate surface area is 350 Å². The quantitative estimate of drug-likeness (QED) is 0.0748. The van der Waals surface area contributed by atoms with Crippen LogP contribution in [-0.4, -0.2) is 82.0 Å². The Morgan fingerprint density at radius 1 is 0.754 bits per heavy atom. The molecule has 16 nitrogen and oxygen atoms in total. The summed E-state index contributed by atoms with van der Waals surface area (Å²) in [7, 11) is -5.92. The maximum Gasteiger partial charge on any atom is 0.416 e. The number of nitrogens with two attached hydrogens (primary N) is 1. The fourth-order valence-electron chi connectivity index (χ4n) is 5.99. The number of methoxy groups -OCH3 is 1. The Kier molecular flexibility index (Phi) is 18.1. The number of benzene rings is 4. The molecule has 61 heavy (non-hydrogen) atoms. The highest BCUT2D eigenvalue weighted by Gasteiger charge is 2.40. The van der Waals surface area contributed by atoms with E-state index in [0.29, 0.717) is 41.3 Å². The van der Waals surface area contributed by atoms with Crippen molar-refractivity contribution < 1.29 is 58.7 Å². The van der Waals surface area contributed by atoms with Crippen LogP contribution in [-0.2, 0) is 50.1 Å². The number of sulfonamides is 2. The predicted molar refractivity (Wildman–Crippen MR) is 217 cm³/mol. The maximum atomic E-state index is 12.9. The van der Waals surface area contributed by atoms with Crippen LogP contribution in [0.5, 0.6) is 0 Å². The van der Waals surface area contributed by atoms with Crippen LogP contribution >= 0.6 is 0 Å². The number of carbonyl (C=O) groups is 2. The lowest BCUT2D eigenvalue weighted by molar-refractivity contribution is -0.191. The lowest BCUT2D eigenvalue weighted by Crippen LogP contribution is -2.41. The SMILES string of the molecule is COC(=O)[C@@H]1CCCN1S(=O)(=O)c1ccc(NC(=O)Nc2ccc(C)cc2)cc1.C[C@@H]1CCCN1S(=O)(=O)c1ccc(N)cc1.O=C=Nc1ccc(C(F)(F)F)cc1.O=C=O. The summed E-state index contributed by atoms with van der Waals surface area (Å²) >= 11 is 0. The lowest BCUT2D eigenvalue weighted by Gasteiger charge is -2.22. The number of alkyl halides is 3. The number of amides is 2. The number of ether oxygens (including phenoxy) is 1. The number of urea groups is 1. The van der Waals surface area contributed by atoms with Gasteiger partial charge >= 0.3 is 24.3 Å². The van der Waals surface area contributed by atoms with Crippen molar-refractivity contribution in [2.45, 2.75) is 67.6 Å². The van der Waals surface area contributed by atoms with Crippen molar-refractivity contribution >= 4 is 67.0 Å². The third kappa shape index (κ3) is 14.2. The summed E-state index contributed by atoms with van der Waals surface area (Å²) in [5, 5.41) is 5.36. The molecule has 4 aromatic rings.